The summed E-state index contributed by atoms with van der Waals surface area (Å²) in [5, 5.41) is 0. The second-order valence-electron chi connectivity index (χ2n) is 6.85. The molecule has 20 heavy (non-hydrogen) atoms. The van der Waals surface area contributed by atoms with E-state index >= 15 is 0 Å². The first-order chi connectivity index (χ1) is 9.15. The Bertz CT molecular complexity index is 351. The van der Waals surface area contributed by atoms with Crippen LogP contribution in [0.5, 0.6) is 0 Å². The molecule has 1 aliphatic heterocycles. The SMILES string of the molecule is COC(=O)CCC1(C)CCN(C(=O)OC(C)(C)C)CC1. The summed E-state index contributed by atoms with van der Waals surface area (Å²) >= 11 is 0. The van der Waals surface area contributed by atoms with E-state index in [4.69, 9.17) is 4.74 Å². The second-order valence-corrected chi connectivity index (χ2v) is 6.85. The number of nitrogens with zero attached hydrogens (tertiary/aromatic N) is 1. The van der Waals surface area contributed by atoms with Crippen LogP contribution in [0.25, 0.3) is 0 Å². The number of esters is 1. The van der Waals surface area contributed by atoms with Gasteiger partial charge >= 0.3 is 12.1 Å². The van der Waals surface area contributed by atoms with Crippen LogP contribution < -0.4 is 0 Å². The molecule has 116 valence electrons. The molecule has 0 aromatic rings. The number of carbonyl (C=O) groups is 2. The van der Waals surface area contributed by atoms with Gasteiger partial charge in [0, 0.05) is 19.5 Å². The smallest absolute Gasteiger partial charge is 0.410 e. The zero-order valence-electron chi connectivity index (χ0n) is 13.3. The number of rotatable bonds is 3. The molecule has 0 aromatic carbocycles. The lowest BCUT2D eigenvalue weighted by Gasteiger charge is -2.39. The van der Waals surface area contributed by atoms with Gasteiger partial charge in [0.2, 0.25) is 0 Å². The predicted molar refractivity (Wildman–Crippen MR) is 76.4 cm³/mol. The van der Waals surface area contributed by atoms with Crippen molar-refractivity contribution in [3.63, 3.8) is 0 Å². The van der Waals surface area contributed by atoms with Crippen molar-refractivity contribution < 1.29 is 19.1 Å². The Morgan fingerprint density at radius 1 is 1.20 bits per heavy atom. The van der Waals surface area contributed by atoms with Gasteiger partial charge < -0.3 is 14.4 Å². The molecule has 1 fully saturated rings. The van der Waals surface area contributed by atoms with Gasteiger partial charge in [0.1, 0.15) is 5.60 Å². The highest BCUT2D eigenvalue weighted by Crippen LogP contribution is 2.35. The van der Waals surface area contributed by atoms with Gasteiger partial charge in [-0.25, -0.2) is 4.79 Å². The van der Waals surface area contributed by atoms with Crippen LogP contribution in [-0.4, -0.2) is 42.8 Å². The quantitative estimate of drug-likeness (QED) is 0.748. The highest BCUT2D eigenvalue weighted by Gasteiger charge is 2.33. The van der Waals surface area contributed by atoms with Crippen LogP contribution in [0.1, 0.15) is 53.4 Å². The molecule has 0 saturated carbocycles. The monoisotopic (exact) mass is 285 g/mol. The maximum atomic E-state index is 12.0. The average molecular weight is 285 g/mol. The van der Waals surface area contributed by atoms with E-state index in [1.54, 1.807) is 4.90 Å². The van der Waals surface area contributed by atoms with Crippen LogP contribution in [0.15, 0.2) is 0 Å². The Balaban J connectivity index is 2.42. The van der Waals surface area contributed by atoms with Gasteiger partial charge in [0.15, 0.2) is 0 Å². The van der Waals surface area contributed by atoms with Crippen LogP contribution in [0.4, 0.5) is 4.79 Å². The molecule has 0 radical (unpaired) electrons. The van der Waals surface area contributed by atoms with Crippen LogP contribution >= 0.6 is 0 Å². The Kier molecular flexibility index (Phi) is 5.42. The third kappa shape index (κ3) is 5.39. The number of hydrogen-bond donors (Lipinski definition) is 0. The van der Waals surface area contributed by atoms with Gasteiger partial charge in [-0.3, -0.25) is 4.79 Å². The summed E-state index contributed by atoms with van der Waals surface area (Å²) in [7, 11) is 1.41. The zero-order chi connectivity index (χ0) is 15.4. The van der Waals surface area contributed by atoms with Crippen molar-refractivity contribution in [1.29, 1.82) is 0 Å². The summed E-state index contributed by atoms with van der Waals surface area (Å²) in [6.45, 7) is 9.15. The van der Waals surface area contributed by atoms with E-state index in [9.17, 15) is 9.59 Å². The number of carbonyl (C=O) groups excluding carboxylic acids is 2. The summed E-state index contributed by atoms with van der Waals surface area (Å²) in [5.41, 5.74) is -0.352. The van der Waals surface area contributed by atoms with Crippen molar-refractivity contribution in [1.82, 2.24) is 4.90 Å². The molecule has 0 atom stereocenters. The molecular formula is C15H27NO4. The van der Waals surface area contributed by atoms with Crippen LogP contribution in [0, 0.1) is 5.41 Å². The molecule has 1 amide bonds. The molecule has 0 unspecified atom stereocenters. The Morgan fingerprint density at radius 3 is 2.20 bits per heavy atom. The standard InChI is InChI=1S/C15H27NO4/c1-14(2,3)20-13(18)16-10-8-15(4,9-11-16)7-6-12(17)19-5/h6-11H2,1-5H3. The minimum Gasteiger partial charge on any atom is -0.469 e. The van der Waals surface area contributed by atoms with E-state index in [0.29, 0.717) is 19.5 Å². The minimum absolute atomic E-state index is 0.104. The third-order valence-corrected chi connectivity index (χ3v) is 3.78. The van der Waals surface area contributed by atoms with E-state index in [2.05, 4.69) is 11.7 Å². The summed E-state index contributed by atoms with van der Waals surface area (Å²) in [6, 6.07) is 0. The maximum Gasteiger partial charge on any atom is 0.410 e. The van der Waals surface area contributed by atoms with E-state index in [1.165, 1.54) is 7.11 Å². The fourth-order valence-electron chi connectivity index (χ4n) is 2.31. The first kappa shape index (κ1) is 16.8. The summed E-state index contributed by atoms with van der Waals surface area (Å²) < 4.78 is 10.1. The average Bonchev–Trinajstić information content (AvgIpc) is 2.34. The van der Waals surface area contributed by atoms with Gasteiger partial charge in [-0.15, -0.1) is 0 Å². The predicted octanol–water partition coefficient (Wildman–Crippen LogP) is 2.98. The number of hydrogen-bond acceptors (Lipinski definition) is 4. The molecular weight excluding hydrogens is 258 g/mol. The zero-order valence-corrected chi connectivity index (χ0v) is 13.3. The van der Waals surface area contributed by atoms with E-state index in [1.807, 2.05) is 20.8 Å². The van der Waals surface area contributed by atoms with Crippen LogP contribution in [0.3, 0.4) is 0 Å². The van der Waals surface area contributed by atoms with Crippen molar-refractivity contribution in [2.75, 3.05) is 20.2 Å². The van der Waals surface area contributed by atoms with Crippen molar-refractivity contribution in [3.8, 4) is 0 Å². The fourth-order valence-corrected chi connectivity index (χ4v) is 2.31. The molecule has 5 nitrogen and oxygen atoms in total. The molecule has 1 heterocycles. The topological polar surface area (TPSA) is 55.8 Å². The molecule has 0 aromatic heterocycles. The minimum atomic E-state index is -0.456. The number of methoxy groups -OCH3 is 1. The summed E-state index contributed by atoms with van der Waals surface area (Å²) in [6.07, 6.45) is 2.79. The van der Waals surface area contributed by atoms with E-state index in [-0.39, 0.29) is 17.5 Å². The second kappa shape index (κ2) is 6.46. The van der Waals surface area contributed by atoms with Crippen LogP contribution in [-0.2, 0) is 14.3 Å². The van der Waals surface area contributed by atoms with Crippen molar-refractivity contribution in [2.45, 2.75) is 59.0 Å². The number of amides is 1. The van der Waals surface area contributed by atoms with Gasteiger partial charge in [-0.1, -0.05) is 6.92 Å². The lowest BCUT2D eigenvalue weighted by molar-refractivity contribution is -0.141. The normalized spacial score (nSPS) is 18.6. The fraction of sp³-hybridized carbons (Fsp3) is 0.867. The molecule has 1 rings (SSSR count). The Morgan fingerprint density at radius 2 is 1.75 bits per heavy atom. The molecule has 1 saturated heterocycles. The highest BCUT2D eigenvalue weighted by atomic mass is 16.6. The van der Waals surface area contributed by atoms with Gasteiger partial charge in [0.25, 0.3) is 0 Å². The van der Waals surface area contributed by atoms with Gasteiger partial charge in [-0.05, 0) is 45.4 Å². The maximum absolute atomic E-state index is 12.0. The Hall–Kier alpha value is -1.26. The van der Waals surface area contributed by atoms with Crippen LogP contribution in [0.2, 0.25) is 0 Å². The number of ether oxygens (including phenoxy) is 2. The Labute approximate surface area is 121 Å². The first-order valence-electron chi connectivity index (χ1n) is 7.20. The molecule has 0 bridgehead atoms. The number of likely N-dealkylation sites (tertiary alicyclic amines) is 1. The third-order valence-electron chi connectivity index (χ3n) is 3.78. The largest absolute Gasteiger partial charge is 0.469 e. The summed E-state index contributed by atoms with van der Waals surface area (Å²) in [5.74, 6) is -0.166. The lowest BCUT2D eigenvalue weighted by Crippen LogP contribution is -2.44. The van der Waals surface area contributed by atoms with Crippen molar-refractivity contribution >= 4 is 12.1 Å². The van der Waals surface area contributed by atoms with Gasteiger partial charge in [0.05, 0.1) is 7.11 Å². The first-order valence-corrected chi connectivity index (χ1v) is 7.20. The lowest BCUT2D eigenvalue weighted by atomic mass is 9.77. The number of piperidine rings is 1. The van der Waals surface area contributed by atoms with Gasteiger partial charge in [-0.2, -0.15) is 0 Å². The molecule has 0 N–H and O–H groups in total. The van der Waals surface area contributed by atoms with E-state index in [0.717, 1.165) is 19.3 Å². The van der Waals surface area contributed by atoms with Crippen molar-refractivity contribution in [2.24, 2.45) is 5.41 Å². The van der Waals surface area contributed by atoms with Crippen molar-refractivity contribution in [3.05, 3.63) is 0 Å². The highest BCUT2D eigenvalue weighted by molar-refractivity contribution is 5.69. The molecule has 1 aliphatic rings. The summed E-state index contributed by atoms with van der Waals surface area (Å²) in [4.78, 5) is 24.9. The molecule has 0 spiro atoms. The molecule has 0 aliphatic carbocycles. The van der Waals surface area contributed by atoms with E-state index < -0.39 is 5.60 Å². The molecule has 5 heteroatoms.